The zero-order chi connectivity index (χ0) is 35.6. The predicted octanol–water partition coefficient (Wildman–Crippen LogP) is 15.3. The standard InChI is InChI=1S/C54H34/c1-2-14-38-31-41(24-23-35(38)11-1)43-28-27-42-32-40(25-26-44(42)33-43)39-16-9-17-45(34-39)52-49-20-7-8-21-50(49)53(48-22-10-15-36-12-3-5-18-46(36)48)51-30-29-37-13-4-6-19-47(37)54(51)52/h1-34H. The van der Waals surface area contributed by atoms with Gasteiger partial charge in [0.1, 0.15) is 0 Å². The fourth-order valence-corrected chi connectivity index (χ4v) is 8.81. The first-order valence-electron chi connectivity index (χ1n) is 18.7. The van der Waals surface area contributed by atoms with E-state index in [-0.39, 0.29) is 0 Å². The molecule has 11 rings (SSSR count). The molecule has 11 aromatic rings. The highest BCUT2D eigenvalue weighted by molar-refractivity contribution is 6.29. The van der Waals surface area contributed by atoms with Crippen molar-refractivity contribution in [3.05, 3.63) is 206 Å². The van der Waals surface area contributed by atoms with E-state index in [2.05, 4.69) is 206 Å². The highest BCUT2D eigenvalue weighted by Crippen LogP contribution is 2.48. The highest BCUT2D eigenvalue weighted by atomic mass is 14.2. The third kappa shape index (κ3) is 4.92. The van der Waals surface area contributed by atoms with E-state index in [1.165, 1.54) is 109 Å². The second-order valence-electron chi connectivity index (χ2n) is 14.5. The Balaban J connectivity index is 1.10. The summed E-state index contributed by atoms with van der Waals surface area (Å²) in [6.45, 7) is 0. The normalized spacial score (nSPS) is 11.7. The van der Waals surface area contributed by atoms with E-state index in [1.54, 1.807) is 0 Å². The van der Waals surface area contributed by atoms with Gasteiger partial charge in [-0.05, 0) is 133 Å². The monoisotopic (exact) mass is 682 g/mol. The van der Waals surface area contributed by atoms with Gasteiger partial charge in [0.05, 0.1) is 0 Å². The van der Waals surface area contributed by atoms with Crippen molar-refractivity contribution < 1.29 is 0 Å². The summed E-state index contributed by atoms with van der Waals surface area (Å²) < 4.78 is 0. The summed E-state index contributed by atoms with van der Waals surface area (Å²) in [6.07, 6.45) is 0. The smallest absolute Gasteiger partial charge is 0.00141 e. The van der Waals surface area contributed by atoms with Crippen molar-refractivity contribution in [2.45, 2.75) is 0 Å². The van der Waals surface area contributed by atoms with Gasteiger partial charge >= 0.3 is 0 Å². The Morgan fingerprint density at radius 1 is 0.204 bits per heavy atom. The summed E-state index contributed by atoms with van der Waals surface area (Å²) >= 11 is 0. The second kappa shape index (κ2) is 12.3. The topological polar surface area (TPSA) is 0 Å². The minimum atomic E-state index is 1.21. The SMILES string of the molecule is c1cc(-c2ccc3cc(-c4ccc5ccccc5c4)ccc3c2)cc(-c2c3ccccc3c(-c3cccc4ccccc34)c3ccc4ccccc4c23)c1. The highest BCUT2D eigenvalue weighted by Gasteiger charge is 2.20. The van der Waals surface area contributed by atoms with Gasteiger partial charge in [-0.3, -0.25) is 0 Å². The lowest BCUT2D eigenvalue weighted by Crippen LogP contribution is -1.93. The van der Waals surface area contributed by atoms with Gasteiger partial charge in [0.15, 0.2) is 0 Å². The number of fused-ring (bicyclic) bond motifs is 7. The van der Waals surface area contributed by atoms with Crippen molar-refractivity contribution in [2.24, 2.45) is 0 Å². The van der Waals surface area contributed by atoms with E-state index in [9.17, 15) is 0 Å². The molecule has 0 aromatic heterocycles. The predicted molar refractivity (Wildman–Crippen MR) is 233 cm³/mol. The zero-order valence-corrected chi connectivity index (χ0v) is 29.6. The van der Waals surface area contributed by atoms with Gasteiger partial charge in [-0.15, -0.1) is 0 Å². The molecule has 0 aliphatic carbocycles. The summed E-state index contributed by atoms with van der Waals surface area (Å²) in [6, 6.07) is 76.2. The minimum Gasteiger partial charge on any atom is -0.0616 e. The van der Waals surface area contributed by atoms with Crippen molar-refractivity contribution >= 4 is 64.6 Å². The van der Waals surface area contributed by atoms with E-state index < -0.39 is 0 Å². The first-order chi connectivity index (χ1) is 26.8. The number of hydrogen-bond acceptors (Lipinski definition) is 0. The Bertz CT molecular complexity index is 3270. The summed E-state index contributed by atoms with van der Waals surface area (Å²) in [5.41, 5.74) is 9.97. The molecule has 0 fully saturated rings. The van der Waals surface area contributed by atoms with Crippen LogP contribution < -0.4 is 0 Å². The molecule has 0 atom stereocenters. The lowest BCUT2D eigenvalue weighted by molar-refractivity contribution is 1.62. The first-order valence-corrected chi connectivity index (χ1v) is 18.7. The maximum absolute atomic E-state index is 2.39. The summed E-state index contributed by atoms with van der Waals surface area (Å²) in [5.74, 6) is 0. The van der Waals surface area contributed by atoms with Crippen molar-refractivity contribution in [1.29, 1.82) is 0 Å². The van der Waals surface area contributed by atoms with Gasteiger partial charge in [0.25, 0.3) is 0 Å². The molecule has 0 radical (unpaired) electrons. The summed E-state index contributed by atoms with van der Waals surface area (Å²) in [7, 11) is 0. The minimum absolute atomic E-state index is 1.21. The number of hydrogen-bond donors (Lipinski definition) is 0. The van der Waals surface area contributed by atoms with Crippen LogP contribution in [0.25, 0.3) is 109 Å². The van der Waals surface area contributed by atoms with Gasteiger partial charge in [0.2, 0.25) is 0 Å². The molecule has 0 aliphatic rings. The van der Waals surface area contributed by atoms with Crippen LogP contribution >= 0.6 is 0 Å². The van der Waals surface area contributed by atoms with Gasteiger partial charge in [-0.25, -0.2) is 0 Å². The zero-order valence-electron chi connectivity index (χ0n) is 29.6. The lowest BCUT2D eigenvalue weighted by Gasteiger charge is -2.20. The second-order valence-corrected chi connectivity index (χ2v) is 14.5. The molecule has 0 saturated heterocycles. The molecule has 0 unspecified atom stereocenters. The van der Waals surface area contributed by atoms with Crippen molar-refractivity contribution in [2.75, 3.05) is 0 Å². The third-order valence-electron chi connectivity index (χ3n) is 11.4. The molecule has 0 heterocycles. The quantitative estimate of drug-likeness (QED) is 0.128. The van der Waals surface area contributed by atoms with E-state index in [4.69, 9.17) is 0 Å². The summed E-state index contributed by atoms with van der Waals surface area (Å²) in [5, 5.41) is 15.2. The average molecular weight is 683 g/mol. The van der Waals surface area contributed by atoms with Crippen LogP contribution in [0.5, 0.6) is 0 Å². The fourth-order valence-electron chi connectivity index (χ4n) is 8.81. The van der Waals surface area contributed by atoms with Crippen LogP contribution in [0.2, 0.25) is 0 Å². The van der Waals surface area contributed by atoms with Crippen LogP contribution in [-0.2, 0) is 0 Å². The molecule has 0 aliphatic heterocycles. The van der Waals surface area contributed by atoms with Crippen molar-refractivity contribution in [3.8, 4) is 44.5 Å². The lowest BCUT2D eigenvalue weighted by atomic mass is 9.82. The molecule has 11 aromatic carbocycles. The van der Waals surface area contributed by atoms with Crippen LogP contribution in [0.1, 0.15) is 0 Å². The number of benzene rings is 11. The fraction of sp³-hybridized carbons (Fsp3) is 0. The average Bonchev–Trinajstić information content (AvgIpc) is 3.24. The largest absolute Gasteiger partial charge is 0.0616 e. The molecule has 0 N–H and O–H groups in total. The van der Waals surface area contributed by atoms with E-state index in [1.807, 2.05) is 0 Å². The Hall–Kier alpha value is -7.02. The van der Waals surface area contributed by atoms with E-state index in [0.717, 1.165) is 0 Å². The molecule has 0 saturated carbocycles. The van der Waals surface area contributed by atoms with E-state index in [0.29, 0.717) is 0 Å². The Labute approximate surface area is 314 Å². The molecule has 0 heteroatoms. The van der Waals surface area contributed by atoms with Gasteiger partial charge in [-0.2, -0.15) is 0 Å². The third-order valence-corrected chi connectivity index (χ3v) is 11.4. The molecule has 0 spiro atoms. The molecular formula is C54H34. The molecular weight excluding hydrogens is 649 g/mol. The maximum Gasteiger partial charge on any atom is -0.00141 e. The molecule has 0 nitrogen and oxygen atoms in total. The van der Waals surface area contributed by atoms with Crippen LogP contribution in [0, 0.1) is 0 Å². The van der Waals surface area contributed by atoms with Crippen LogP contribution in [-0.4, -0.2) is 0 Å². The van der Waals surface area contributed by atoms with Gasteiger partial charge in [-0.1, -0.05) is 182 Å². The van der Waals surface area contributed by atoms with Crippen LogP contribution in [0.4, 0.5) is 0 Å². The molecule has 54 heavy (non-hydrogen) atoms. The van der Waals surface area contributed by atoms with E-state index >= 15 is 0 Å². The summed E-state index contributed by atoms with van der Waals surface area (Å²) in [4.78, 5) is 0. The Morgan fingerprint density at radius 3 is 1.35 bits per heavy atom. The molecule has 0 amide bonds. The van der Waals surface area contributed by atoms with Crippen molar-refractivity contribution in [1.82, 2.24) is 0 Å². The van der Waals surface area contributed by atoms with Crippen LogP contribution in [0.3, 0.4) is 0 Å². The number of rotatable bonds is 4. The van der Waals surface area contributed by atoms with Gasteiger partial charge < -0.3 is 0 Å². The Morgan fingerprint density at radius 2 is 0.648 bits per heavy atom. The maximum atomic E-state index is 2.39. The first kappa shape index (κ1) is 30.6. The van der Waals surface area contributed by atoms with Gasteiger partial charge in [0, 0.05) is 0 Å². The molecule has 0 bridgehead atoms. The Kier molecular flexibility index (Phi) is 6.97. The van der Waals surface area contributed by atoms with Crippen LogP contribution in [0.15, 0.2) is 206 Å². The van der Waals surface area contributed by atoms with Crippen molar-refractivity contribution in [3.63, 3.8) is 0 Å². The molecule has 250 valence electrons.